The molecule has 0 spiro atoms. The van der Waals surface area contributed by atoms with Crippen molar-refractivity contribution in [3.8, 4) is 5.75 Å². The van der Waals surface area contributed by atoms with Crippen molar-refractivity contribution in [1.82, 2.24) is 0 Å². The fourth-order valence-electron chi connectivity index (χ4n) is 3.36. The van der Waals surface area contributed by atoms with Gasteiger partial charge in [-0.3, -0.25) is 4.79 Å². The molecule has 0 aromatic heterocycles. The lowest BCUT2D eigenvalue weighted by atomic mass is 9.81. The first kappa shape index (κ1) is 18.6. The van der Waals surface area contributed by atoms with Crippen molar-refractivity contribution in [3.63, 3.8) is 0 Å². The molecule has 1 fully saturated rings. The first-order valence-corrected chi connectivity index (χ1v) is 9.27. The van der Waals surface area contributed by atoms with E-state index >= 15 is 0 Å². The lowest BCUT2D eigenvalue weighted by Gasteiger charge is -2.31. The molecule has 1 aliphatic carbocycles. The summed E-state index contributed by atoms with van der Waals surface area (Å²) in [5, 5.41) is 0. The van der Waals surface area contributed by atoms with E-state index in [0.29, 0.717) is 13.0 Å². The fraction of sp³-hybridized carbons (Fsp3) is 0.571. The Hall–Kier alpha value is -1.77. The Labute approximate surface area is 146 Å². The number of carbonyl (C=O) groups excluding carboxylic acids is 1. The monoisotopic (exact) mass is 330 g/mol. The highest BCUT2D eigenvalue weighted by atomic mass is 16.5. The van der Waals surface area contributed by atoms with Gasteiger partial charge in [0.2, 0.25) is 0 Å². The molecule has 2 atom stereocenters. The lowest BCUT2D eigenvalue weighted by Crippen LogP contribution is -2.28. The van der Waals surface area contributed by atoms with Crippen LogP contribution in [-0.2, 0) is 9.53 Å². The molecule has 1 aromatic rings. The molecule has 0 unspecified atom stereocenters. The minimum atomic E-state index is -0.0422. The molecule has 0 amide bonds. The minimum absolute atomic E-state index is 0.00234. The van der Waals surface area contributed by atoms with Gasteiger partial charge in [0.05, 0.1) is 0 Å². The SMILES string of the molecule is C=CCOc1cccc([C@@H]2CCCC[C@H]2OC(=O)CCCCC)c1. The zero-order valence-corrected chi connectivity index (χ0v) is 14.8. The minimum Gasteiger partial charge on any atom is -0.490 e. The van der Waals surface area contributed by atoms with E-state index in [0.717, 1.165) is 44.3 Å². The smallest absolute Gasteiger partial charge is 0.306 e. The van der Waals surface area contributed by atoms with E-state index in [4.69, 9.17) is 9.47 Å². The van der Waals surface area contributed by atoms with Crippen LogP contribution in [0.25, 0.3) is 0 Å². The Balaban J connectivity index is 2.00. The predicted molar refractivity (Wildman–Crippen MR) is 97.4 cm³/mol. The second-order valence-electron chi connectivity index (χ2n) is 6.55. The van der Waals surface area contributed by atoms with Crippen molar-refractivity contribution in [1.29, 1.82) is 0 Å². The average Bonchev–Trinajstić information content (AvgIpc) is 2.61. The topological polar surface area (TPSA) is 35.5 Å². The maximum absolute atomic E-state index is 12.1. The third kappa shape index (κ3) is 5.70. The highest BCUT2D eigenvalue weighted by Crippen LogP contribution is 2.36. The van der Waals surface area contributed by atoms with Crippen molar-refractivity contribution in [2.75, 3.05) is 6.61 Å². The summed E-state index contributed by atoms with van der Waals surface area (Å²) in [6, 6.07) is 8.18. The molecule has 132 valence electrons. The molecule has 1 saturated carbocycles. The number of unbranched alkanes of at least 4 members (excludes halogenated alkanes) is 2. The van der Waals surface area contributed by atoms with Gasteiger partial charge >= 0.3 is 5.97 Å². The Morgan fingerprint density at radius 3 is 2.92 bits per heavy atom. The first-order valence-electron chi connectivity index (χ1n) is 9.27. The van der Waals surface area contributed by atoms with Crippen molar-refractivity contribution >= 4 is 5.97 Å². The van der Waals surface area contributed by atoms with Crippen LogP contribution in [0.1, 0.15) is 69.8 Å². The van der Waals surface area contributed by atoms with E-state index in [1.54, 1.807) is 6.08 Å². The molecule has 3 heteroatoms. The van der Waals surface area contributed by atoms with Gasteiger partial charge in [-0.25, -0.2) is 0 Å². The second-order valence-corrected chi connectivity index (χ2v) is 6.55. The van der Waals surface area contributed by atoms with Crippen molar-refractivity contribution in [2.45, 2.75) is 70.3 Å². The number of esters is 1. The maximum atomic E-state index is 12.1. The Morgan fingerprint density at radius 1 is 1.29 bits per heavy atom. The molecule has 0 N–H and O–H groups in total. The number of carbonyl (C=O) groups is 1. The van der Waals surface area contributed by atoms with Gasteiger partial charge < -0.3 is 9.47 Å². The highest BCUT2D eigenvalue weighted by molar-refractivity contribution is 5.69. The molecule has 1 aromatic carbocycles. The van der Waals surface area contributed by atoms with E-state index in [1.807, 2.05) is 12.1 Å². The van der Waals surface area contributed by atoms with Gasteiger partial charge in [-0.2, -0.15) is 0 Å². The zero-order valence-electron chi connectivity index (χ0n) is 14.8. The Kier molecular flexibility index (Phi) is 7.87. The molecule has 0 aliphatic heterocycles. The summed E-state index contributed by atoms with van der Waals surface area (Å²) in [5.41, 5.74) is 1.21. The van der Waals surface area contributed by atoms with E-state index < -0.39 is 0 Å². The van der Waals surface area contributed by atoms with Crippen LogP contribution in [0.15, 0.2) is 36.9 Å². The summed E-state index contributed by atoms with van der Waals surface area (Å²) in [5.74, 6) is 1.09. The van der Waals surface area contributed by atoms with Gasteiger partial charge in [-0.15, -0.1) is 0 Å². The van der Waals surface area contributed by atoms with Crippen LogP contribution < -0.4 is 4.74 Å². The van der Waals surface area contributed by atoms with Crippen LogP contribution in [0.4, 0.5) is 0 Å². The summed E-state index contributed by atoms with van der Waals surface area (Å²) >= 11 is 0. The highest BCUT2D eigenvalue weighted by Gasteiger charge is 2.29. The van der Waals surface area contributed by atoms with E-state index in [1.165, 1.54) is 12.0 Å². The zero-order chi connectivity index (χ0) is 17.2. The first-order chi connectivity index (χ1) is 11.7. The van der Waals surface area contributed by atoms with Crippen molar-refractivity contribution < 1.29 is 14.3 Å². The molecule has 0 heterocycles. The predicted octanol–water partition coefficient (Wildman–Crippen LogP) is 5.40. The van der Waals surface area contributed by atoms with Crippen LogP contribution in [0, 0.1) is 0 Å². The van der Waals surface area contributed by atoms with Crippen LogP contribution in [0.2, 0.25) is 0 Å². The average molecular weight is 330 g/mol. The van der Waals surface area contributed by atoms with Gasteiger partial charge in [0.1, 0.15) is 18.5 Å². The Morgan fingerprint density at radius 2 is 2.12 bits per heavy atom. The van der Waals surface area contributed by atoms with Crippen LogP contribution in [0.5, 0.6) is 5.75 Å². The van der Waals surface area contributed by atoms with E-state index in [2.05, 4.69) is 25.6 Å². The standard InChI is InChI=1S/C21H30O3/c1-3-5-6-14-21(22)24-20-13-8-7-12-19(20)17-10-9-11-18(16-17)23-15-4-2/h4,9-11,16,19-20H,2-3,5-8,12-15H2,1H3/t19-,20+/m0/s1. The van der Waals surface area contributed by atoms with Gasteiger partial charge in [-0.05, 0) is 43.4 Å². The molecule has 2 rings (SSSR count). The number of hydrogen-bond donors (Lipinski definition) is 0. The van der Waals surface area contributed by atoms with Gasteiger partial charge in [0.15, 0.2) is 0 Å². The largest absolute Gasteiger partial charge is 0.490 e. The van der Waals surface area contributed by atoms with Crippen LogP contribution >= 0.6 is 0 Å². The molecular formula is C21H30O3. The summed E-state index contributed by atoms with van der Waals surface area (Å²) in [7, 11) is 0. The summed E-state index contributed by atoms with van der Waals surface area (Å²) in [6.07, 6.45) is 9.78. The number of ether oxygens (including phenoxy) is 2. The third-order valence-corrected chi connectivity index (χ3v) is 4.62. The quantitative estimate of drug-likeness (QED) is 0.345. The lowest BCUT2D eigenvalue weighted by molar-refractivity contribution is -0.151. The second kappa shape index (κ2) is 10.2. The summed E-state index contributed by atoms with van der Waals surface area (Å²) < 4.78 is 11.5. The third-order valence-electron chi connectivity index (χ3n) is 4.62. The molecule has 0 radical (unpaired) electrons. The van der Waals surface area contributed by atoms with Crippen molar-refractivity contribution in [2.24, 2.45) is 0 Å². The number of rotatable bonds is 9. The molecule has 0 saturated heterocycles. The van der Waals surface area contributed by atoms with Crippen molar-refractivity contribution in [3.05, 3.63) is 42.5 Å². The van der Waals surface area contributed by atoms with Crippen LogP contribution in [0.3, 0.4) is 0 Å². The number of hydrogen-bond acceptors (Lipinski definition) is 3. The van der Waals surface area contributed by atoms with Gasteiger partial charge in [0, 0.05) is 12.3 Å². The van der Waals surface area contributed by atoms with Crippen LogP contribution in [-0.4, -0.2) is 18.7 Å². The molecule has 24 heavy (non-hydrogen) atoms. The fourth-order valence-corrected chi connectivity index (χ4v) is 3.36. The molecule has 1 aliphatic rings. The van der Waals surface area contributed by atoms with E-state index in [-0.39, 0.29) is 18.0 Å². The summed E-state index contributed by atoms with van der Waals surface area (Å²) in [6.45, 7) is 6.33. The normalized spacial score (nSPS) is 20.4. The molecule has 0 bridgehead atoms. The van der Waals surface area contributed by atoms with Gasteiger partial charge in [0.25, 0.3) is 0 Å². The Bertz CT molecular complexity index is 524. The van der Waals surface area contributed by atoms with E-state index in [9.17, 15) is 4.79 Å². The maximum Gasteiger partial charge on any atom is 0.306 e. The number of benzene rings is 1. The van der Waals surface area contributed by atoms with Gasteiger partial charge in [-0.1, -0.05) is 51.0 Å². The summed E-state index contributed by atoms with van der Waals surface area (Å²) in [4.78, 5) is 12.1. The molecule has 3 nitrogen and oxygen atoms in total. The molecular weight excluding hydrogens is 300 g/mol.